The Bertz CT molecular complexity index is 197. The highest BCUT2D eigenvalue weighted by atomic mass is 16.5. The Kier molecular flexibility index (Phi) is 5.65. The Balaban J connectivity index is 2.30. The van der Waals surface area contributed by atoms with Crippen molar-refractivity contribution in [3.63, 3.8) is 0 Å². The minimum atomic E-state index is -0.0424. The fourth-order valence-electron chi connectivity index (χ4n) is 1.96. The molecule has 0 aromatic rings. The Hall–Kier alpha value is -0.610. The van der Waals surface area contributed by atoms with Crippen molar-refractivity contribution in [3.8, 4) is 0 Å². The van der Waals surface area contributed by atoms with Gasteiger partial charge in [-0.3, -0.25) is 4.79 Å². The highest BCUT2D eigenvalue weighted by Gasteiger charge is 2.21. The molecule has 1 fully saturated rings. The largest absolute Gasteiger partial charge is 0.372 e. The summed E-state index contributed by atoms with van der Waals surface area (Å²) in [5, 5.41) is 2.95. The van der Waals surface area contributed by atoms with Crippen molar-refractivity contribution in [3.05, 3.63) is 0 Å². The number of hydrogen-bond acceptors (Lipinski definition) is 3. The van der Waals surface area contributed by atoms with E-state index in [0.717, 1.165) is 19.3 Å². The summed E-state index contributed by atoms with van der Waals surface area (Å²) in [5.41, 5.74) is 6.00. The molecule has 2 atom stereocenters. The first-order valence-electron chi connectivity index (χ1n) is 5.86. The SMILES string of the molecule is CCOCC(=O)NC1CCCCCC1N. The van der Waals surface area contributed by atoms with Gasteiger partial charge in [-0.1, -0.05) is 19.3 Å². The zero-order valence-electron chi connectivity index (χ0n) is 9.50. The van der Waals surface area contributed by atoms with Gasteiger partial charge in [-0.05, 0) is 19.8 Å². The third-order valence-electron chi connectivity index (χ3n) is 2.85. The zero-order valence-corrected chi connectivity index (χ0v) is 9.50. The molecular formula is C11H22N2O2. The summed E-state index contributed by atoms with van der Waals surface area (Å²) in [4.78, 5) is 11.4. The topological polar surface area (TPSA) is 64.3 Å². The second kappa shape index (κ2) is 6.80. The molecule has 0 aromatic carbocycles. The van der Waals surface area contributed by atoms with E-state index < -0.39 is 0 Å². The number of nitrogens with two attached hydrogens (primary N) is 1. The van der Waals surface area contributed by atoms with Gasteiger partial charge in [-0.2, -0.15) is 0 Å². The number of amides is 1. The molecule has 1 amide bonds. The maximum atomic E-state index is 11.4. The maximum absolute atomic E-state index is 11.4. The molecule has 1 aliphatic rings. The standard InChI is InChI=1S/C11H22N2O2/c1-2-15-8-11(14)13-10-7-5-3-4-6-9(10)12/h9-10H,2-8,12H2,1H3,(H,13,14). The van der Waals surface area contributed by atoms with Crippen molar-refractivity contribution >= 4 is 5.91 Å². The molecule has 1 saturated carbocycles. The molecule has 0 heterocycles. The molecule has 0 aliphatic heterocycles. The smallest absolute Gasteiger partial charge is 0.246 e. The summed E-state index contributed by atoms with van der Waals surface area (Å²) in [7, 11) is 0. The highest BCUT2D eigenvalue weighted by Crippen LogP contribution is 2.16. The van der Waals surface area contributed by atoms with Gasteiger partial charge in [0.2, 0.25) is 5.91 Å². The van der Waals surface area contributed by atoms with Crippen LogP contribution in [0.15, 0.2) is 0 Å². The highest BCUT2D eigenvalue weighted by molar-refractivity contribution is 5.77. The third-order valence-corrected chi connectivity index (χ3v) is 2.85. The van der Waals surface area contributed by atoms with Crippen molar-refractivity contribution in [2.24, 2.45) is 5.73 Å². The molecule has 0 spiro atoms. The lowest BCUT2D eigenvalue weighted by Crippen LogP contribution is -2.48. The average molecular weight is 214 g/mol. The summed E-state index contributed by atoms with van der Waals surface area (Å²) in [6.45, 7) is 2.61. The van der Waals surface area contributed by atoms with Gasteiger partial charge < -0.3 is 15.8 Å². The predicted octanol–water partition coefficient (Wildman–Crippen LogP) is 0.799. The molecule has 2 unspecified atom stereocenters. The van der Waals surface area contributed by atoms with Gasteiger partial charge in [0.15, 0.2) is 0 Å². The Labute approximate surface area is 91.5 Å². The molecule has 88 valence electrons. The molecule has 0 bridgehead atoms. The van der Waals surface area contributed by atoms with Gasteiger partial charge in [0.1, 0.15) is 6.61 Å². The number of carbonyl (C=O) groups excluding carboxylic acids is 1. The van der Waals surface area contributed by atoms with Crippen molar-refractivity contribution in [2.75, 3.05) is 13.2 Å². The quantitative estimate of drug-likeness (QED) is 0.680. The fourth-order valence-corrected chi connectivity index (χ4v) is 1.96. The fraction of sp³-hybridized carbons (Fsp3) is 0.909. The molecular weight excluding hydrogens is 192 g/mol. The van der Waals surface area contributed by atoms with Gasteiger partial charge in [-0.25, -0.2) is 0 Å². The lowest BCUT2D eigenvalue weighted by molar-refractivity contribution is -0.126. The van der Waals surface area contributed by atoms with E-state index in [9.17, 15) is 4.79 Å². The summed E-state index contributed by atoms with van der Waals surface area (Å²) in [6.07, 6.45) is 5.58. The van der Waals surface area contributed by atoms with E-state index in [1.165, 1.54) is 12.8 Å². The molecule has 3 N–H and O–H groups in total. The van der Waals surface area contributed by atoms with E-state index in [2.05, 4.69) is 5.32 Å². The Morgan fingerprint density at radius 2 is 2.13 bits per heavy atom. The van der Waals surface area contributed by atoms with E-state index >= 15 is 0 Å². The van der Waals surface area contributed by atoms with Crippen LogP contribution in [0.25, 0.3) is 0 Å². The molecule has 4 heteroatoms. The van der Waals surface area contributed by atoms with E-state index in [4.69, 9.17) is 10.5 Å². The first-order chi connectivity index (χ1) is 7.24. The zero-order chi connectivity index (χ0) is 11.1. The van der Waals surface area contributed by atoms with E-state index in [-0.39, 0.29) is 24.6 Å². The molecule has 0 aromatic heterocycles. The number of hydrogen-bond donors (Lipinski definition) is 2. The van der Waals surface area contributed by atoms with Crippen LogP contribution in [0.4, 0.5) is 0 Å². The summed E-state index contributed by atoms with van der Waals surface area (Å²) < 4.78 is 5.05. The van der Waals surface area contributed by atoms with Crippen molar-refractivity contribution < 1.29 is 9.53 Å². The number of ether oxygens (including phenoxy) is 1. The Morgan fingerprint density at radius 1 is 1.40 bits per heavy atom. The first kappa shape index (κ1) is 12.5. The molecule has 1 aliphatic carbocycles. The van der Waals surface area contributed by atoms with Crippen molar-refractivity contribution in [1.29, 1.82) is 0 Å². The molecule has 15 heavy (non-hydrogen) atoms. The lowest BCUT2D eigenvalue weighted by atomic mass is 10.0. The van der Waals surface area contributed by atoms with E-state index in [1.807, 2.05) is 6.92 Å². The number of nitrogens with one attached hydrogen (secondary N) is 1. The van der Waals surface area contributed by atoms with Crippen LogP contribution < -0.4 is 11.1 Å². The maximum Gasteiger partial charge on any atom is 0.246 e. The Morgan fingerprint density at radius 3 is 2.87 bits per heavy atom. The number of rotatable bonds is 4. The van der Waals surface area contributed by atoms with E-state index in [1.54, 1.807) is 0 Å². The first-order valence-corrected chi connectivity index (χ1v) is 5.86. The summed E-state index contributed by atoms with van der Waals surface area (Å²) >= 11 is 0. The molecule has 4 nitrogen and oxygen atoms in total. The third kappa shape index (κ3) is 4.62. The van der Waals surface area contributed by atoms with Crippen LogP contribution in [0, 0.1) is 0 Å². The van der Waals surface area contributed by atoms with Gasteiger partial charge in [0.05, 0.1) is 0 Å². The normalized spacial score (nSPS) is 27.1. The minimum Gasteiger partial charge on any atom is -0.372 e. The minimum absolute atomic E-state index is 0.0424. The van der Waals surface area contributed by atoms with Gasteiger partial charge in [0.25, 0.3) is 0 Å². The second-order valence-electron chi connectivity index (χ2n) is 4.11. The molecule has 1 rings (SSSR count). The average Bonchev–Trinajstić information content (AvgIpc) is 2.42. The molecule has 0 radical (unpaired) electrons. The van der Waals surface area contributed by atoms with Crippen LogP contribution >= 0.6 is 0 Å². The van der Waals surface area contributed by atoms with Crippen molar-refractivity contribution in [1.82, 2.24) is 5.32 Å². The lowest BCUT2D eigenvalue weighted by Gasteiger charge is -2.22. The molecule has 0 saturated heterocycles. The van der Waals surface area contributed by atoms with Crippen LogP contribution in [-0.2, 0) is 9.53 Å². The van der Waals surface area contributed by atoms with Gasteiger partial charge in [-0.15, -0.1) is 0 Å². The van der Waals surface area contributed by atoms with Crippen molar-refractivity contribution in [2.45, 2.75) is 51.1 Å². The van der Waals surface area contributed by atoms with Gasteiger partial charge >= 0.3 is 0 Å². The van der Waals surface area contributed by atoms with Crippen LogP contribution in [0.3, 0.4) is 0 Å². The van der Waals surface area contributed by atoms with Crippen LogP contribution in [0.5, 0.6) is 0 Å². The van der Waals surface area contributed by atoms with Crippen LogP contribution in [-0.4, -0.2) is 31.2 Å². The monoisotopic (exact) mass is 214 g/mol. The summed E-state index contributed by atoms with van der Waals surface area (Å²) in [5.74, 6) is -0.0424. The predicted molar refractivity (Wildman–Crippen MR) is 59.5 cm³/mol. The summed E-state index contributed by atoms with van der Waals surface area (Å²) in [6, 6.07) is 0.249. The number of carbonyl (C=O) groups is 1. The second-order valence-corrected chi connectivity index (χ2v) is 4.11. The van der Waals surface area contributed by atoms with E-state index in [0.29, 0.717) is 6.61 Å². The van der Waals surface area contributed by atoms with Crippen LogP contribution in [0.2, 0.25) is 0 Å². The van der Waals surface area contributed by atoms with Crippen LogP contribution in [0.1, 0.15) is 39.0 Å². The van der Waals surface area contributed by atoms with Gasteiger partial charge in [0, 0.05) is 18.7 Å².